The molecule has 0 bridgehead atoms. The molecule has 15 heavy (non-hydrogen) atoms. The summed E-state index contributed by atoms with van der Waals surface area (Å²) < 4.78 is 7.04. The molecule has 1 heterocycles. The van der Waals surface area contributed by atoms with Crippen LogP contribution in [0.4, 0.5) is 0 Å². The molecule has 5 heteroatoms. The molecule has 0 atom stereocenters. The summed E-state index contributed by atoms with van der Waals surface area (Å²) >= 11 is 0. The first-order valence-corrected chi connectivity index (χ1v) is 4.90. The van der Waals surface area contributed by atoms with Crippen molar-refractivity contribution < 1.29 is 4.74 Å². The van der Waals surface area contributed by atoms with Gasteiger partial charge in [-0.15, -0.1) is 0 Å². The predicted octanol–water partition coefficient (Wildman–Crippen LogP) is 0.0947. The number of rotatable bonds is 3. The Morgan fingerprint density at radius 3 is 3.00 bits per heavy atom. The maximum Gasteiger partial charge on any atom is 0.118 e. The van der Waals surface area contributed by atoms with Gasteiger partial charge in [0.2, 0.25) is 0 Å². The second-order valence-electron chi connectivity index (χ2n) is 4.04. The minimum absolute atomic E-state index is 0.201. The molecule has 1 saturated carbocycles. The van der Waals surface area contributed by atoms with Crippen molar-refractivity contribution in [2.45, 2.75) is 30.9 Å². The summed E-state index contributed by atoms with van der Waals surface area (Å²) in [4.78, 5) is 0. The van der Waals surface area contributed by atoms with Gasteiger partial charge >= 0.3 is 0 Å². The molecule has 4 nitrogen and oxygen atoms in total. The van der Waals surface area contributed by atoms with Gasteiger partial charge in [0.1, 0.15) is 7.85 Å². The molecule has 0 N–H and O–H groups in total. The van der Waals surface area contributed by atoms with Crippen LogP contribution < -0.4 is 5.46 Å². The lowest BCUT2D eigenvalue weighted by molar-refractivity contribution is -0.0541. The van der Waals surface area contributed by atoms with E-state index in [1.54, 1.807) is 24.2 Å². The summed E-state index contributed by atoms with van der Waals surface area (Å²) in [6.07, 6.45) is 5.75. The van der Waals surface area contributed by atoms with Crippen LogP contribution in [0.3, 0.4) is 0 Å². The molecular formula is C10H12BN3O. The third-order valence-electron chi connectivity index (χ3n) is 3.05. The zero-order valence-electron chi connectivity index (χ0n) is 8.68. The molecule has 1 aliphatic rings. The quantitative estimate of drug-likeness (QED) is 0.651. The van der Waals surface area contributed by atoms with Crippen molar-refractivity contribution in [2.24, 2.45) is 0 Å². The number of hydrogen-bond acceptors (Lipinski definition) is 3. The van der Waals surface area contributed by atoms with Crippen LogP contribution in [0, 0.1) is 11.3 Å². The Bertz CT molecular complexity index is 390. The summed E-state index contributed by atoms with van der Waals surface area (Å²) in [6.45, 7) is 0. The number of nitrogens with zero attached hydrogens (tertiary/aromatic N) is 3. The fourth-order valence-electron chi connectivity index (χ4n) is 2.11. The Kier molecular flexibility index (Phi) is 2.53. The zero-order chi connectivity index (χ0) is 10.9. The summed E-state index contributed by atoms with van der Waals surface area (Å²) in [5.41, 5.74) is 0.431. The van der Waals surface area contributed by atoms with Crippen molar-refractivity contribution in [3.8, 4) is 6.07 Å². The van der Waals surface area contributed by atoms with Crippen LogP contribution in [0.1, 0.15) is 19.3 Å². The van der Waals surface area contributed by atoms with Gasteiger partial charge in [0.25, 0.3) is 0 Å². The molecule has 0 spiro atoms. The average molecular weight is 201 g/mol. The van der Waals surface area contributed by atoms with Gasteiger partial charge < -0.3 is 4.74 Å². The lowest BCUT2D eigenvalue weighted by atomic mass is 9.72. The first-order chi connectivity index (χ1) is 7.20. The Labute approximate surface area is 90.2 Å². The Balaban J connectivity index is 2.19. The molecule has 1 aliphatic carbocycles. The minimum atomic E-state index is -0.201. The van der Waals surface area contributed by atoms with Crippen LogP contribution in [-0.4, -0.2) is 30.8 Å². The van der Waals surface area contributed by atoms with Crippen molar-refractivity contribution in [3.05, 3.63) is 12.4 Å². The van der Waals surface area contributed by atoms with E-state index in [0.29, 0.717) is 11.9 Å². The van der Waals surface area contributed by atoms with Crippen molar-refractivity contribution in [2.75, 3.05) is 7.11 Å². The summed E-state index contributed by atoms with van der Waals surface area (Å²) in [7, 11) is 7.31. The highest BCUT2D eigenvalue weighted by atomic mass is 16.5. The van der Waals surface area contributed by atoms with E-state index in [0.717, 1.165) is 12.8 Å². The third-order valence-corrected chi connectivity index (χ3v) is 3.05. The lowest BCUT2D eigenvalue weighted by Crippen LogP contribution is -2.50. The highest BCUT2D eigenvalue weighted by Crippen LogP contribution is 2.42. The molecule has 2 radical (unpaired) electrons. The standard InChI is InChI=1S/C10H12BN3O/c1-15-9-4-10(5-9,2-3-12)14-7-8(11)6-13-14/h6-7,9H,2,4-5H2,1H3. The number of hydrogen-bond donors (Lipinski definition) is 0. The average Bonchev–Trinajstić information content (AvgIpc) is 2.58. The second kappa shape index (κ2) is 3.71. The van der Waals surface area contributed by atoms with Crippen LogP contribution in [0.15, 0.2) is 12.4 Å². The van der Waals surface area contributed by atoms with E-state index in [4.69, 9.17) is 17.8 Å². The molecule has 1 aromatic heterocycles. The van der Waals surface area contributed by atoms with E-state index in [9.17, 15) is 0 Å². The largest absolute Gasteiger partial charge is 0.381 e. The maximum absolute atomic E-state index is 8.83. The van der Waals surface area contributed by atoms with Gasteiger partial charge in [-0.25, -0.2) is 0 Å². The Morgan fingerprint density at radius 1 is 1.80 bits per heavy atom. The molecule has 0 aliphatic heterocycles. The SMILES string of the molecule is [B]c1cnn(C2(CC#N)CC(OC)C2)c1. The van der Waals surface area contributed by atoms with Crippen LogP contribution in [-0.2, 0) is 10.3 Å². The number of aromatic nitrogens is 2. The van der Waals surface area contributed by atoms with Gasteiger partial charge in [-0.05, 0) is 12.8 Å². The van der Waals surface area contributed by atoms with E-state index in [-0.39, 0.29) is 11.6 Å². The molecular weight excluding hydrogens is 189 g/mol. The first-order valence-electron chi connectivity index (χ1n) is 4.90. The monoisotopic (exact) mass is 201 g/mol. The van der Waals surface area contributed by atoms with Crippen molar-refractivity contribution in [1.29, 1.82) is 5.26 Å². The Hall–Kier alpha value is -1.28. The molecule has 0 aromatic carbocycles. The van der Waals surface area contributed by atoms with Crippen molar-refractivity contribution in [3.63, 3.8) is 0 Å². The minimum Gasteiger partial charge on any atom is -0.381 e. The number of ether oxygens (including phenoxy) is 1. The summed E-state index contributed by atoms with van der Waals surface area (Å²) in [5.74, 6) is 0. The number of nitriles is 1. The van der Waals surface area contributed by atoms with E-state index in [2.05, 4.69) is 11.2 Å². The van der Waals surface area contributed by atoms with Crippen molar-refractivity contribution >= 4 is 13.3 Å². The smallest absolute Gasteiger partial charge is 0.118 e. The van der Waals surface area contributed by atoms with E-state index in [1.165, 1.54) is 0 Å². The van der Waals surface area contributed by atoms with Gasteiger partial charge in [-0.3, -0.25) is 4.68 Å². The maximum atomic E-state index is 8.83. The zero-order valence-corrected chi connectivity index (χ0v) is 8.68. The normalized spacial score (nSPS) is 29.5. The fraction of sp³-hybridized carbons (Fsp3) is 0.600. The van der Waals surface area contributed by atoms with Gasteiger partial charge in [0.05, 0.1) is 24.1 Å². The van der Waals surface area contributed by atoms with Crippen molar-refractivity contribution in [1.82, 2.24) is 9.78 Å². The first kappa shape index (κ1) is 10.2. The molecule has 2 rings (SSSR count). The van der Waals surface area contributed by atoms with Crippen LogP contribution in [0.5, 0.6) is 0 Å². The third kappa shape index (κ3) is 1.66. The molecule has 0 amide bonds. The van der Waals surface area contributed by atoms with E-state index < -0.39 is 0 Å². The molecule has 0 unspecified atom stereocenters. The van der Waals surface area contributed by atoms with Gasteiger partial charge in [0, 0.05) is 19.5 Å². The molecule has 1 aromatic rings. The van der Waals surface area contributed by atoms with Gasteiger partial charge in [-0.2, -0.15) is 10.4 Å². The lowest BCUT2D eigenvalue weighted by Gasteiger charge is -2.45. The predicted molar refractivity (Wildman–Crippen MR) is 55.9 cm³/mol. The van der Waals surface area contributed by atoms with Gasteiger partial charge in [-0.1, -0.05) is 5.46 Å². The van der Waals surface area contributed by atoms with Crippen LogP contribution in [0.2, 0.25) is 0 Å². The number of methoxy groups -OCH3 is 1. The summed E-state index contributed by atoms with van der Waals surface area (Å²) in [6, 6.07) is 2.21. The van der Waals surface area contributed by atoms with Crippen LogP contribution in [0.25, 0.3) is 0 Å². The molecule has 76 valence electrons. The molecule has 1 fully saturated rings. The van der Waals surface area contributed by atoms with E-state index in [1.807, 2.05) is 0 Å². The van der Waals surface area contributed by atoms with Crippen LogP contribution >= 0.6 is 0 Å². The van der Waals surface area contributed by atoms with Gasteiger partial charge in [0.15, 0.2) is 0 Å². The second-order valence-corrected chi connectivity index (χ2v) is 4.04. The Morgan fingerprint density at radius 2 is 2.53 bits per heavy atom. The highest BCUT2D eigenvalue weighted by molar-refractivity contribution is 6.31. The van der Waals surface area contributed by atoms with E-state index >= 15 is 0 Å². The highest BCUT2D eigenvalue weighted by Gasteiger charge is 2.46. The fourth-order valence-corrected chi connectivity index (χ4v) is 2.11. The topological polar surface area (TPSA) is 50.8 Å². The molecule has 0 saturated heterocycles. The summed E-state index contributed by atoms with van der Waals surface area (Å²) in [5, 5.41) is 13.0.